The van der Waals surface area contributed by atoms with Gasteiger partial charge in [-0.1, -0.05) is 17.3 Å². The van der Waals surface area contributed by atoms with Crippen LogP contribution < -0.4 is 10.6 Å². The van der Waals surface area contributed by atoms with Crippen molar-refractivity contribution < 1.29 is 18.5 Å². The van der Waals surface area contributed by atoms with Crippen molar-refractivity contribution in [3.63, 3.8) is 0 Å². The van der Waals surface area contributed by atoms with Crippen LogP contribution in [0.25, 0.3) is 22.6 Å². The predicted molar refractivity (Wildman–Crippen MR) is 109 cm³/mol. The van der Waals surface area contributed by atoms with Gasteiger partial charge in [-0.3, -0.25) is 9.59 Å². The molecule has 8 heteroatoms. The normalized spacial score (nSPS) is 13.4. The first-order valence-electron chi connectivity index (χ1n) is 9.62. The number of aryl methyl sites for hydroxylation is 1. The maximum atomic E-state index is 13.2. The maximum Gasteiger partial charge on any atom is 0.259 e. The van der Waals surface area contributed by atoms with Gasteiger partial charge in [-0.2, -0.15) is 0 Å². The average Bonchev–Trinajstić information content (AvgIpc) is 3.24. The number of anilines is 1. The van der Waals surface area contributed by atoms with E-state index in [-0.39, 0.29) is 17.7 Å². The monoisotopic (exact) mass is 402 g/mol. The molecule has 4 aromatic rings. The number of amides is 2. The molecule has 0 unspecified atom stereocenters. The minimum atomic E-state index is -0.395. The molecule has 5 rings (SSSR count). The summed E-state index contributed by atoms with van der Waals surface area (Å²) < 4.78 is 10.7. The van der Waals surface area contributed by atoms with Gasteiger partial charge in [0.15, 0.2) is 5.76 Å². The Balaban J connectivity index is 1.53. The summed E-state index contributed by atoms with van der Waals surface area (Å²) in [5, 5.41) is 10.3. The Morgan fingerprint density at radius 3 is 2.67 bits per heavy atom. The number of hydrogen-bond donors (Lipinski definition) is 2. The van der Waals surface area contributed by atoms with E-state index >= 15 is 0 Å². The highest BCUT2D eigenvalue weighted by molar-refractivity contribution is 6.15. The molecule has 1 fully saturated rings. The first-order chi connectivity index (χ1) is 14.6. The molecule has 1 aromatic carbocycles. The van der Waals surface area contributed by atoms with Crippen LogP contribution in [0.1, 0.15) is 39.3 Å². The quantitative estimate of drug-likeness (QED) is 0.523. The number of aromatic nitrogens is 2. The zero-order chi connectivity index (χ0) is 20.7. The Morgan fingerprint density at radius 2 is 1.90 bits per heavy atom. The molecule has 1 saturated carbocycles. The maximum absolute atomic E-state index is 13.2. The minimum absolute atomic E-state index is 0.203. The lowest BCUT2D eigenvalue weighted by molar-refractivity contribution is 0.0952. The molecule has 8 nitrogen and oxygen atoms in total. The summed E-state index contributed by atoms with van der Waals surface area (Å²) in [4.78, 5) is 30.2. The third kappa shape index (κ3) is 3.32. The van der Waals surface area contributed by atoms with Crippen molar-refractivity contribution >= 4 is 28.6 Å². The Labute approximate surface area is 171 Å². The summed E-state index contributed by atoms with van der Waals surface area (Å²) >= 11 is 0. The van der Waals surface area contributed by atoms with Crippen LogP contribution >= 0.6 is 0 Å². The summed E-state index contributed by atoms with van der Waals surface area (Å²) in [6.45, 7) is 1.74. The lowest BCUT2D eigenvalue weighted by atomic mass is 10.1. The van der Waals surface area contributed by atoms with E-state index in [0.29, 0.717) is 39.3 Å². The van der Waals surface area contributed by atoms with E-state index in [1.54, 1.807) is 49.4 Å². The summed E-state index contributed by atoms with van der Waals surface area (Å²) in [7, 11) is 0. The number of nitrogens with zero attached hydrogens (tertiary/aromatic N) is 2. The van der Waals surface area contributed by atoms with Gasteiger partial charge in [0.25, 0.3) is 17.5 Å². The van der Waals surface area contributed by atoms with E-state index in [4.69, 9.17) is 8.94 Å². The fourth-order valence-corrected chi connectivity index (χ4v) is 3.29. The molecule has 0 saturated heterocycles. The number of carbonyl (C=O) groups is 2. The van der Waals surface area contributed by atoms with Crippen LogP contribution in [0.4, 0.5) is 5.69 Å². The number of benzene rings is 1. The number of hydrogen-bond acceptors (Lipinski definition) is 6. The van der Waals surface area contributed by atoms with Crippen LogP contribution in [-0.4, -0.2) is 28.0 Å². The van der Waals surface area contributed by atoms with Crippen LogP contribution in [0.2, 0.25) is 0 Å². The zero-order valence-electron chi connectivity index (χ0n) is 16.1. The molecule has 3 heterocycles. The van der Waals surface area contributed by atoms with Gasteiger partial charge in [0.1, 0.15) is 5.69 Å². The highest BCUT2D eigenvalue weighted by atomic mass is 16.5. The van der Waals surface area contributed by atoms with Gasteiger partial charge in [0, 0.05) is 6.04 Å². The fourth-order valence-electron chi connectivity index (χ4n) is 3.29. The number of carbonyl (C=O) groups excluding carboxylic acids is 2. The van der Waals surface area contributed by atoms with Crippen molar-refractivity contribution in [3.8, 4) is 11.5 Å². The lowest BCUT2D eigenvalue weighted by Gasteiger charge is -2.12. The number of pyridine rings is 1. The van der Waals surface area contributed by atoms with Crippen LogP contribution in [0.3, 0.4) is 0 Å². The van der Waals surface area contributed by atoms with Crippen molar-refractivity contribution in [3.05, 3.63) is 65.5 Å². The minimum Gasteiger partial charge on any atom is -0.463 e. The number of fused-ring (bicyclic) bond motifs is 1. The number of furan rings is 1. The lowest BCUT2D eigenvalue weighted by Crippen LogP contribution is -2.27. The van der Waals surface area contributed by atoms with Gasteiger partial charge in [-0.25, -0.2) is 4.98 Å². The average molecular weight is 402 g/mol. The highest BCUT2D eigenvalue weighted by Gasteiger charge is 2.26. The van der Waals surface area contributed by atoms with Crippen molar-refractivity contribution in [1.29, 1.82) is 0 Å². The van der Waals surface area contributed by atoms with Gasteiger partial charge in [0.2, 0.25) is 0 Å². The summed E-state index contributed by atoms with van der Waals surface area (Å²) in [5.41, 5.74) is 2.42. The number of nitrogens with one attached hydrogen (secondary N) is 2. The van der Waals surface area contributed by atoms with E-state index in [1.807, 2.05) is 0 Å². The van der Waals surface area contributed by atoms with Gasteiger partial charge < -0.3 is 19.6 Å². The molecule has 0 atom stereocenters. The van der Waals surface area contributed by atoms with Crippen molar-refractivity contribution in [2.75, 3.05) is 5.32 Å². The van der Waals surface area contributed by atoms with Crippen LogP contribution in [0.15, 0.2) is 57.7 Å². The Hall–Kier alpha value is -3.94. The van der Waals surface area contributed by atoms with Gasteiger partial charge >= 0.3 is 0 Å². The van der Waals surface area contributed by atoms with Crippen molar-refractivity contribution in [2.45, 2.75) is 25.8 Å². The molecular formula is C22H18N4O4. The van der Waals surface area contributed by atoms with Gasteiger partial charge in [-0.05, 0) is 50.1 Å². The van der Waals surface area contributed by atoms with Crippen LogP contribution in [0, 0.1) is 6.92 Å². The van der Waals surface area contributed by atoms with Gasteiger partial charge in [0.05, 0.1) is 34.2 Å². The molecule has 3 aromatic heterocycles. The smallest absolute Gasteiger partial charge is 0.259 e. The summed E-state index contributed by atoms with van der Waals surface area (Å²) in [6, 6.07) is 12.3. The Morgan fingerprint density at radius 1 is 1.07 bits per heavy atom. The van der Waals surface area contributed by atoms with Gasteiger partial charge in [-0.15, -0.1) is 0 Å². The standard InChI is InChI=1S/C22H18N4O4/c1-12-19-15(11-17(18-7-4-10-29-18)25-22(19)30-26-12)21(28)24-16-6-3-2-5-14(16)20(27)23-13-8-9-13/h2-7,10-11,13H,8-9H2,1H3,(H,23,27)(H,24,28). The Bertz CT molecular complexity index is 1260. The van der Waals surface area contributed by atoms with Crippen LogP contribution in [0.5, 0.6) is 0 Å². The third-order valence-corrected chi connectivity index (χ3v) is 4.97. The SMILES string of the molecule is Cc1noc2nc(-c3ccco3)cc(C(=O)Nc3ccccc3C(=O)NC3CC3)c12. The molecule has 30 heavy (non-hydrogen) atoms. The molecule has 0 radical (unpaired) electrons. The fraction of sp³-hybridized carbons (Fsp3) is 0.182. The highest BCUT2D eigenvalue weighted by Crippen LogP contribution is 2.28. The molecule has 1 aliphatic rings. The van der Waals surface area contributed by atoms with Crippen LogP contribution in [-0.2, 0) is 0 Å². The largest absolute Gasteiger partial charge is 0.463 e. The molecular weight excluding hydrogens is 384 g/mol. The Kier molecular flexibility index (Phi) is 4.31. The first-order valence-corrected chi connectivity index (χ1v) is 9.62. The second-order valence-corrected chi connectivity index (χ2v) is 7.23. The third-order valence-electron chi connectivity index (χ3n) is 4.97. The number of para-hydroxylation sites is 1. The predicted octanol–water partition coefficient (Wildman–Crippen LogP) is 3.94. The summed E-state index contributed by atoms with van der Waals surface area (Å²) in [6.07, 6.45) is 3.50. The molecule has 1 aliphatic carbocycles. The molecule has 2 N–H and O–H groups in total. The molecule has 150 valence electrons. The molecule has 0 bridgehead atoms. The molecule has 2 amide bonds. The van der Waals surface area contributed by atoms with E-state index in [9.17, 15) is 9.59 Å². The molecule has 0 spiro atoms. The zero-order valence-corrected chi connectivity index (χ0v) is 16.1. The van der Waals surface area contributed by atoms with E-state index in [0.717, 1.165) is 12.8 Å². The summed E-state index contributed by atoms with van der Waals surface area (Å²) in [5.74, 6) is -0.0944. The van der Waals surface area contributed by atoms with E-state index in [2.05, 4.69) is 20.8 Å². The second-order valence-electron chi connectivity index (χ2n) is 7.23. The first kappa shape index (κ1) is 18.1. The van der Waals surface area contributed by atoms with E-state index < -0.39 is 5.91 Å². The second kappa shape index (κ2) is 7.14. The number of rotatable bonds is 5. The topological polar surface area (TPSA) is 110 Å². The van der Waals surface area contributed by atoms with E-state index in [1.165, 1.54) is 6.26 Å². The van der Waals surface area contributed by atoms with Crippen molar-refractivity contribution in [2.24, 2.45) is 0 Å². The molecule has 0 aliphatic heterocycles. The van der Waals surface area contributed by atoms with Crippen molar-refractivity contribution in [1.82, 2.24) is 15.5 Å².